The van der Waals surface area contributed by atoms with Crippen molar-refractivity contribution in [1.82, 2.24) is 5.16 Å². The van der Waals surface area contributed by atoms with Crippen molar-refractivity contribution >= 4 is 5.97 Å². The first-order valence-electron chi connectivity index (χ1n) is 7.61. The largest absolute Gasteiger partial charge is 0.487 e. The smallest absolute Gasteiger partial charge is 0.339 e. The van der Waals surface area contributed by atoms with Crippen LogP contribution in [0.4, 0.5) is 0 Å². The van der Waals surface area contributed by atoms with Gasteiger partial charge in [-0.15, -0.1) is 0 Å². The van der Waals surface area contributed by atoms with Crippen molar-refractivity contribution in [2.45, 2.75) is 25.7 Å². The summed E-state index contributed by atoms with van der Waals surface area (Å²) < 4.78 is 26.6. The molecule has 2 aromatic rings. The number of hydrogen-bond donors (Lipinski definition) is 0. The molecule has 0 N–H and O–H groups in total. The Hall–Kier alpha value is -2.38. The summed E-state index contributed by atoms with van der Waals surface area (Å²) in [6.45, 7) is 1.33. The lowest BCUT2D eigenvalue weighted by atomic mass is 10.1. The van der Waals surface area contributed by atoms with E-state index in [4.69, 9.17) is 23.5 Å². The summed E-state index contributed by atoms with van der Waals surface area (Å²) in [4.78, 5) is 11.9. The van der Waals surface area contributed by atoms with Crippen LogP contribution >= 0.6 is 0 Å². The molecule has 7 nitrogen and oxygen atoms in total. The molecule has 0 saturated heterocycles. The van der Waals surface area contributed by atoms with Gasteiger partial charge in [-0.1, -0.05) is 23.4 Å². The van der Waals surface area contributed by atoms with E-state index in [0.29, 0.717) is 36.6 Å². The summed E-state index contributed by atoms with van der Waals surface area (Å²) >= 11 is 0. The molecular formula is C17H19NO6. The number of nitrogens with zero attached hydrogens (tertiary/aromatic N) is 1. The van der Waals surface area contributed by atoms with E-state index in [1.807, 2.05) is 12.1 Å². The first-order chi connectivity index (χ1) is 11.7. The van der Waals surface area contributed by atoms with Crippen molar-refractivity contribution in [3.63, 3.8) is 0 Å². The fraction of sp³-hybridized carbons (Fsp3) is 0.412. The number of aromatic nitrogens is 1. The normalized spacial score (nSPS) is 14.8. The minimum atomic E-state index is -0.847. The molecule has 1 aliphatic heterocycles. The molecule has 7 heteroatoms. The number of benzene rings is 1. The number of hydrogen-bond acceptors (Lipinski definition) is 7. The Balaban J connectivity index is 1.78. The molecule has 0 bridgehead atoms. The fourth-order valence-corrected chi connectivity index (χ4v) is 2.63. The minimum Gasteiger partial charge on any atom is -0.487 e. The maximum absolute atomic E-state index is 11.9. The molecule has 1 unspecified atom stereocenters. The molecular weight excluding hydrogens is 314 g/mol. The van der Waals surface area contributed by atoms with Gasteiger partial charge >= 0.3 is 5.97 Å². The first kappa shape index (κ1) is 16.5. The predicted octanol–water partition coefficient (Wildman–Crippen LogP) is 2.19. The molecule has 128 valence electrons. The van der Waals surface area contributed by atoms with Gasteiger partial charge in [0, 0.05) is 24.7 Å². The summed E-state index contributed by atoms with van der Waals surface area (Å²) in [6.07, 6.45) is -0.131. The van der Waals surface area contributed by atoms with E-state index in [-0.39, 0.29) is 6.61 Å². The van der Waals surface area contributed by atoms with Gasteiger partial charge in [0.05, 0.1) is 20.3 Å². The van der Waals surface area contributed by atoms with Crippen LogP contribution in [0.3, 0.4) is 0 Å². The first-order valence-corrected chi connectivity index (χ1v) is 7.61. The van der Waals surface area contributed by atoms with Crippen molar-refractivity contribution in [3.05, 3.63) is 46.8 Å². The molecule has 1 atom stereocenters. The van der Waals surface area contributed by atoms with E-state index in [9.17, 15) is 4.79 Å². The number of carbonyl (C=O) groups is 1. The van der Waals surface area contributed by atoms with Gasteiger partial charge in [-0.2, -0.15) is 0 Å². The maximum atomic E-state index is 11.9. The molecule has 1 aromatic heterocycles. The monoisotopic (exact) mass is 333 g/mol. The molecule has 0 radical (unpaired) electrons. The van der Waals surface area contributed by atoms with E-state index in [0.717, 1.165) is 11.3 Å². The Morgan fingerprint density at radius 1 is 1.33 bits per heavy atom. The molecule has 0 amide bonds. The second kappa shape index (κ2) is 7.46. The van der Waals surface area contributed by atoms with E-state index in [2.05, 4.69) is 5.16 Å². The minimum absolute atomic E-state index is 0.219. The fourth-order valence-electron chi connectivity index (χ4n) is 2.63. The Bertz CT molecular complexity index is 711. The average molecular weight is 333 g/mol. The summed E-state index contributed by atoms with van der Waals surface area (Å²) in [6, 6.07) is 7.17. The molecule has 1 aliphatic rings. The lowest BCUT2D eigenvalue weighted by Gasteiger charge is -2.17. The maximum Gasteiger partial charge on any atom is 0.339 e. The van der Waals surface area contributed by atoms with Crippen LogP contribution in [-0.4, -0.2) is 32.0 Å². The van der Waals surface area contributed by atoms with Gasteiger partial charge in [0.15, 0.2) is 6.10 Å². The molecule has 0 saturated carbocycles. The quantitative estimate of drug-likeness (QED) is 0.750. The van der Waals surface area contributed by atoms with Crippen LogP contribution in [0, 0.1) is 0 Å². The zero-order valence-corrected chi connectivity index (χ0v) is 13.6. The molecule has 3 rings (SSSR count). The van der Waals surface area contributed by atoms with E-state index < -0.39 is 12.1 Å². The average Bonchev–Trinajstić information content (AvgIpc) is 3.04. The summed E-state index contributed by atoms with van der Waals surface area (Å²) in [5.74, 6) is 0.890. The third-order valence-corrected chi connectivity index (χ3v) is 3.89. The van der Waals surface area contributed by atoms with Crippen LogP contribution in [0.2, 0.25) is 0 Å². The van der Waals surface area contributed by atoms with Gasteiger partial charge in [-0.05, 0) is 6.07 Å². The highest BCUT2D eigenvalue weighted by molar-refractivity contribution is 5.77. The van der Waals surface area contributed by atoms with E-state index in [1.54, 1.807) is 12.1 Å². The summed E-state index contributed by atoms with van der Waals surface area (Å²) in [7, 11) is 2.77. The molecule has 0 spiro atoms. The van der Waals surface area contributed by atoms with E-state index in [1.165, 1.54) is 14.2 Å². The second-order valence-corrected chi connectivity index (χ2v) is 5.30. The van der Waals surface area contributed by atoms with Crippen molar-refractivity contribution in [1.29, 1.82) is 0 Å². The summed E-state index contributed by atoms with van der Waals surface area (Å²) in [5.41, 5.74) is 2.24. The summed E-state index contributed by atoms with van der Waals surface area (Å²) in [5, 5.41) is 4.06. The third kappa shape index (κ3) is 3.27. The molecule has 0 fully saturated rings. The SMILES string of the molecule is COC(=O)C(OC)c1ccccc1OCc1noc2c1COCC2. The topological polar surface area (TPSA) is 80.0 Å². The van der Waals surface area contributed by atoms with Crippen LogP contribution in [0.5, 0.6) is 5.75 Å². The number of rotatable bonds is 6. The number of methoxy groups -OCH3 is 2. The Morgan fingerprint density at radius 2 is 2.17 bits per heavy atom. The zero-order valence-electron chi connectivity index (χ0n) is 13.6. The third-order valence-electron chi connectivity index (χ3n) is 3.89. The molecule has 0 aliphatic carbocycles. The lowest BCUT2D eigenvalue weighted by Crippen LogP contribution is -2.17. The van der Waals surface area contributed by atoms with E-state index >= 15 is 0 Å². The Morgan fingerprint density at radius 3 is 2.96 bits per heavy atom. The number of carbonyl (C=O) groups excluding carboxylic acids is 1. The van der Waals surface area contributed by atoms with Gasteiger partial charge in [-0.25, -0.2) is 4.79 Å². The number of esters is 1. The highest BCUT2D eigenvalue weighted by Crippen LogP contribution is 2.29. The van der Waals surface area contributed by atoms with Crippen LogP contribution in [0.15, 0.2) is 28.8 Å². The molecule has 1 aromatic carbocycles. The number of ether oxygens (including phenoxy) is 4. The van der Waals surface area contributed by atoms with Gasteiger partial charge in [0.25, 0.3) is 0 Å². The highest BCUT2D eigenvalue weighted by Gasteiger charge is 2.25. The second-order valence-electron chi connectivity index (χ2n) is 5.30. The van der Waals surface area contributed by atoms with Crippen molar-refractivity contribution in [2.75, 3.05) is 20.8 Å². The van der Waals surface area contributed by atoms with Crippen LogP contribution in [0.25, 0.3) is 0 Å². The zero-order chi connectivity index (χ0) is 16.9. The Kier molecular flexibility index (Phi) is 5.12. The van der Waals surface area contributed by atoms with Gasteiger partial charge in [0.1, 0.15) is 23.8 Å². The van der Waals surface area contributed by atoms with Crippen molar-refractivity contribution in [2.24, 2.45) is 0 Å². The van der Waals surface area contributed by atoms with Gasteiger partial charge in [0.2, 0.25) is 0 Å². The number of para-hydroxylation sites is 1. The van der Waals surface area contributed by atoms with Gasteiger partial charge in [-0.3, -0.25) is 0 Å². The number of fused-ring (bicyclic) bond motifs is 1. The standard InChI is InChI=1S/C17H19NO6/c1-20-16(17(19)21-2)11-5-3-4-6-14(11)23-10-13-12-9-22-8-7-15(12)24-18-13/h3-6,16H,7-10H2,1-2H3. The lowest BCUT2D eigenvalue weighted by molar-refractivity contribution is -0.152. The Labute approximate surface area is 139 Å². The van der Waals surface area contributed by atoms with Crippen LogP contribution < -0.4 is 4.74 Å². The van der Waals surface area contributed by atoms with Gasteiger partial charge < -0.3 is 23.5 Å². The molecule has 24 heavy (non-hydrogen) atoms. The van der Waals surface area contributed by atoms with Crippen LogP contribution in [0.1, 0.15) is 28.7 Å². The van der Waals surface area contributed by atoms with Crippen molar-refractivity contribution < 1.29 is 28.3 Å². The van der Waals surface area contributed by atoms with Crippen LogP contribution in [-0.2, 0) is 38.6 Å². The predicted molar refractivity (Wildman–Crippen MR) is 82.4 cm³/mol. The van der Waals surface area contributed by atoms with Crippen molar-refractivity contribution in [3.8, 4) is 5.75 Å². The molecule has 2 heterocycles. The highest BCUT2D eigenvalue weighted by atomic mass is 16.6.